The highest BCUT2D eigenvalue weighted by Crippen LogP contribution is 2.26. The van der Waals surface area contributed by atoms with Gasteiger partial charge < -0.3 is 10.2 Å². The molecule has 94 valence electrons. The van der Waals surface area contributed by atoms with E-state index in [1.165, 1.54) is 47.2 Å². The number of anilines is 1. The lowest BCUT2D eigenvalue weighted by Gasteiger charge is -2.30. The zero-order valence-corrected chi connectivity index (χ0v) is 12.5. The molecule has 0 aliphatic carbocycles. The van der Waals surface area contributed by atoms with Gasteiger partial charge in [0.25, 0.3) is 0 Å². The Morgan fingerprint density at radius 3 is 2.24 bits per heavy atom. The molecule has 0 bridgehead atoms. The Hall–Kier alpha value is -0.540. The van der Waals surface area contributed by atoms with Crippen LogP contribution in [0.15, 0.2) is 16.6 Å². The number of aryl methyl sites for hydroxylation is 2. The Balaban J connectivity index is 2.04. The highest BCUT2D eigenvalue weighted by molar-refractivity contribution is 9.10. The van der Waals surface area contributed by atoms with E-state index in [9.17, 15) is 0 Å². The topological polar surface area (TPSA) is 15.3 Å². The predicted octanol–water partition coefficient (Wildman–Crippen LogP) is 3.57. The molecule has 3 heteroatoms. The van der Waals surface area contributed by atoms with Crippen molar-refractivity contribution in [2.24, 2.45) is 0 Å². The lowest BCUT2D eigenvalue weighted by Crippen LogP contribution is -2.36. The van der Waals surface area contributed by atoms with Gasteiger partial charge in [-0.15, -0.1) is 0 Å². The first kappa shape index (κ1) is 12.9. The normalized spacial score (nSPS) is 18.4. The minimum atomic E-state index is 0.631. The number of piperidine rings is 1. The standard InChI is InChI=1S/C14H21BrN2/c1-10-8-13(9-11(2)14(10)15)16-12-4-6-17(3)7-5-12/h8-9,12,16H,4-7H2,1-3H3. The van der Waals surface area contributed by atoms with Gasteiger partial charge in [-0.3, -0.25) is 0 Å². The van der Waals surface area contributed by atoms with Gasteiger partial charge >= 0.3 is 0 Å². The fraction of sp³-hybridized carbons (Fsp3) is 0.571. The molecule has 1 aromatic carbocycles. The summed E-state index contributed by atoms with van der Waals surface area (Å²) in [5.41, 5.74) is 3.87. The van der Waals surface area contributed by atoms with E-state index in [0.29, 0.717) is 6.04 Å². The predicted molar refractivity (Wildman–Crippen MR) is 77.8 cm³/mol. The number of rotatable bonds is 2. The Morgan fingerprint density at radius 1 is 1.18 bits per heavy atom. The zero-order valence-electron chi connectivity index (χ0n) is 10.9. The van der Waals surface area contributed by atoms with Gasteiger partial charge in [-0.05, 0) is 70.1 Å². The number of benzene rings is 1. The number of nitrogens with zero attached hydrogens (tertiary/aromatic N) is 1. The highest BCUT2D eigenvalue weighted by atomic mass is 79.9. The molecule has 0 aromatic heterocycles. The van der Waals surface area contributed by atoms with Crippen molar-refractivity contribution in [1.82, 2.24) is 4.90 Å². The van der Waals surface area contributed by atoms with Crippen LogP contribution in [0.1, 0.15) is 24.0 Å². The maximum absolute atomic E-state index is 3.66. The van der Waals surface area contributed by atoms with Gasteiger partial charge in [-0.1, -0.05) is 15.9 Å². The van der Waals surface area contributed by atoms with E-state index in [1.807, 2.05) is 0 Å². The summed E-state index contributed by atoms with van der Waals surface area (Å²) in [5.74, 6) is 0. The summed E-state index contributed by atoms with van der Waals surface area (Å²) in [6.45, 7) is 6.70. The molecule has 1 saturated heterocycles. The van der Waals surface area contributed by atoms with Crippen LogP contribution in [0.25, 0.3) is 0 Å². The molecule has 0 spiro atoms. The third-order valence-electron chi connectivity index (χ3n) is 3.53. The van der Waals surface area contributed by atoms with Crippen molar-refractivity contribution in [3.05, 3.63) is 27.7 Å². The van der Waals surface area contributed by atoms with Crippen molar-refractivity contribution >= 4 is 21.6 Å². The number of likely N-dealkylation sites (tertiary alicyclic amines) is 1. The molecule has 0 radical (unpaired) electrons. The van der Waals surface area contributed by atoms with Crippen LogP contribution >= 0.6 is 15.9 Å². The minimum Gasteiger partial charge on any atom is -0.382 e. The molecular formula is C14H21BrN2. The van der Waals surface area contributed by atoms with Crippen LogP contribution in [0, 0.1) is 13.8 Å². The Morgan fingerprint density at radius 2 is 1.71 bits per heavy atom. The second kappa shape index (κ2) is 5.40. The number of hydrogen-bond acceptors (Lipinski definition) is 2. The first-order valence-corrected chi connectivity index (χ1v) is 7.07. The molecule has 1 aromatic rings. The minimum absolute atomic E-state index is 0.631. The van der Waals surface area contributed by atoms with Crippen molar-refractivity contribution in [3.63, 3.8) is 0 Å². The molecule has 2 nitrogen and oxygen atoms in total. The summed E-state index contributed by atoms with van der Waals surface area (Å²) >= 11 is 3.61. The van der Waals surface area contributed by atoms with Crippen molar-refractivity contribution in [1.29, 1.82) is 0 Å². The van der Waals surface area contributed by atoms with Crippen molar-refractivity contribution < 1.29 is 0 Å². The summed E-state index contributed by atoms with van der Waals surface area (Å²) in [5, 5.41) is 3.66. The van der Waals surface area contributed by atoms with Gasteiger partial charge in [-0.25, -0.2) is 0 Å². The average molecular weight is 297 g/mol. The lowest BCUT2D eigenvalue weighted by molar-refractivity contribution is 0.264. The highest BCUT2D eigenvalue weighted by Gasteiger charge is 2.16. The van der Waals surface area contributed by atoms with E-state index in [1.54, 1.807) is 0 Å². The van der Waals surface area contributed by atoms with Gasteiger partial charge in [0.1, 0.15) is 0 Å². The lowest BCUT2D eigenvalue weighted by atomic mass is 10.0. The van der Waals surface area contributed by atoms with E-state index in [0.717, 1.165) is 0 Å². The van der Waals surface area contributed by atoms with Crippen molar-refractivity contribution in [2.45, 2.75) is 32.7 Å². The molecule has 0 atom stereocenters. The maximum atomic E-state index is 3.66. The van der Waals surface area contributed by atoms with E-state index < -0.39 is 0 Å². The van der Waals surface area contributed by atoms with Crippen LogP contribution in [-0.2, 0) is 0 Å². The summed E-state index contributed by atoms with van der Waals surface area (Å²) < 4.78 is 1.23. The molecule has 2 rings (SSSR count). The quantitative estimate of drug-likeness (QED) is 0.897. The second-order valence-electron chi connectivity index (χ2n) is 5.15. The van der Waals surface area contributed by atoms with Gasteiger partial charge in [0.05, 0.1) is 0 Å². The second-order valence-corrected chi connectivity index (χ2v) is 5.94. The maximum Gasteiger partial charge on any atom is 0.0348 e. The summed E-state index contributed by atoms with van der Waals surface area (Å²) in [7, 11) is 2.20. The largest absolute Gasteiger partial charge is 0.382 e. The summed E-state index contributed by atoms with van der Waals surface area (Å²) in [4.78, 5) is 2.40. The fourth-order valence-electron chi connectivity index (χ4n) is 2.42. The molecule has 1 heterocycles. The van der Waals surface area contributed by atoms with Crippen LogP contribution in [0.5, 0.6) is 0 Å². The molecule has 1 fully saturated rings. The van der Waals surface area contributed by atoms with Crippen molar-refractivity contribution in [3.8, 4) is 0 Å². The Labute approximate surface area is 113 Å². The molecule has 17 heavy (non-hydrogen) atoms. The average Bonchev–Trinajstić information content (AvgIpc) is 2.29. The Kier molecular flexibility index (Phi) is 4.10. The fourth-order valence-corrected chi connectivity index (χ4v) is 2.65. The first-order valence-electron chi connectivity index (χ1n) is 6.28. The van der Waals surface area contributed by atoms with Crippen molar-refractivity contribution in [2.75, 3.05) is 25.5 Å². The van der Waals surface area contributed by atoms with Crippen LogP contribution in [-0.4, -0.2) is 31.1 Å². The van der Waals surface area contributed by atoms with Crippen LogP contribution in [0.4, 0.5) is 5.69 Å². The molecule has 1 aliphatic heterocycles. The molecule has 1 N–H and O–H groups in total. The zero-order chi connectivity index (χ0) is 12.4. The monoisotopic (exact) mass is 296 g/mol. The summed E-state index contributed by atoms with van der Waals surface area (Å²) in [6.07, 6.45) is 2.48. The van der Waals surface area contributed by atoms with E-state index in [2.05, 4.69) is 59.2 Å². The number of halogens is 1. The van der Waals surface area contributed by atoms with E-state index >= 15 is 0 Å². The number of nitrogens with one attached hydrogen (secondary N) is 1. The first-order chi connectivity index (χ1) is 8.06. The van der Waals surface area contributed by atoms with E-state index in [-0.39, 0.29) is 0 Å². The smallest absolute Gasteiger partial charge is 0.0348 e. The molecule has 1 aliphatic rings. The summed E-state index contributed by atoms with van der Waals surface area (Å²) in [6, 6.07) is 5.09. The van der Waals surface area contributed by atoms with Gasteiger partial charge in [-0.2, -0.15) is 0 Å². The molecule has 0 saturated carbocycles. The Bertz CT molecular complexity index is 372. The van der Waals surface area contributed by atoms with Gasteiger partial charge in [0, 0.05) is 16.2 Å². The van der Waals surface area contributed by atoms with Crippen LogP contribution in [0.2, 0.25) is 0 Å². The third-order valence-corrected chi connectivity index (χ3v) is 4.78. The van der Waals surface area contributed by atoms with Gasteiger partial charge in [0.2, 0.25) is 0 Å². The van der Waals surface area contributed by atoms with Crippen LogP contribution < -0.4 is 5.32 Å². The SMILES string of the molecule is Cc1cc(NC2CCN(C)CC2)cc(C)c1Br. The van der Waals surface area contributed by atoms with E-state index in [4.69, 9.17) is 0 Å². The van der Waals surface area contributed by atoms with Crippen LogP contribution in [0.3, 0.4) is 0 Å². The molecule has 0 unspecified atom stereocenters. The number of hydrogen-bond donors (Lipinski definition) is 1. The third kappa shape index (κ3) is 3.23. The molecule has 0 amide bonds. The van der Waals surface area contributed by atoms with Gasteiger partial charge in [0.15, 0.2) is 0 Å². The molecular weight excluding hydrogens is 276 g/mol.